The fraction of sp³-hybridized carbons (Fsp3) is 0.333. The molecule has 10 heavy (non-hydrogen) atoms. The van der Waals surface area contributed by atoms with Gasteiger partial charge in [0.2, 0.25) is 5.95 Å². The lowest BCUT2D eigenvalue weighted by atomic mass is 10.0. The van der Waals surface area contributed by atoms with Gasteiger partial charge in [0.1, 0.15) is 7.85 Å². The van der Waals surface area contributed by atoms with Crippen LogP contribution in [0.5, 0.6) is 0 Å². The highest BCUT2D eigenvalue weighted by molar-refractivity contribution is 6.31. The molecule has 1 N–H and O–H groups in total. The van der Waals surface area contributed by atoms with E-state index in [1.54, 1.807) is 12.4 Å². The third-order valence-electron chi connectivity index (χ3n) is 1.01. The topological polar surface area (TPSA) is 37.8 Å². The lowest BCUT2D eigenvalue weighted by molar-refractivity contribution is 1.09. The van der Waals surface area contributed by atoms with Crippen LogP contribution in [0.3, 0.4) is 0 Å². The van der Waals surface area contributed by atoms with Crippen molar-refractivity contribution >= 4 is 19.3 Å². The fourth-order valence-corrected chi connectivity index (χ4v) is 0.587. The molecular formula is C6H8BN3. The standard InChI is InChI=1S/C6H8BN3/c1-2-8-6-9-3-5(7)4-10-6/h3-4H,2H2,1H3,(H,8,9,10). The van der Waals surface area contributed by atoms with Crippen molar-refractivity contribution in [3.63, 3.8) is 0 Å². The number of nitrogens with zero attached hydrogens (tertiary/aromatic N) is 2. The molecule has 0 aliphatic rings. The third-order valence-corrected chi connectivity index (χ3v) is 1.01. The van der Waals surface area contributed by atoms with Crippen LogP contribution >= 0.6 is 0 Å². The Morgan fingerprint density at radius 1 is 1.50 bits per heavy atom. The van der Waals surface area contributed by atoms with E-state index in [9.17, 15) is 0 Å². The summed E-state index contributed by atoms with van der Waals surface area (Å²) >= 11 is 0. The van der Waals surface area contributed by atoms with Gasteiger partial charge < -0.3 is 5.32 Å². The number of aromatic nitrogens is 2. The molecule has 2 radical (unpaired) electrons. The highest BCUT2D eigenvalue weighted by Crippen LogP contribution is 1.89. The molecule has 0 aliphatic heterocycles. The molecule has 1 rings (SSSR count). The first kappa shape index (κ1) is 7.06. The normalized spacial score (nSPS) is 9.30. The molecule has 0 fully saturated rings. The maximum Gasteiger partial charge on any atom is 0.222 e. The monoisotopic (exact) mass is 133 g/mol. The van der Waals surface area contributed by atoms with Gasteiger partial charge in [-0.15, -0.1) is 0 Å². The van der Waals surface area contributed by atoms with E-state index in [1.807, 2.05) is 6.92 Å². The zero-order chi connectivity index (χ0) is 7.40. The van der Waals surface area contributed by atoms with Gasteiger partial charge in [-0.3, -0.25) is 0 Å². The summed E-state index contributed by atoms with van der Waals surface area (Å²) < 4.78 is 0. The van der Waals surface area contributed by atoms with Crippen LogP contribution < -0.4 is 10.8 Å². The zero-order valence-electron chi connectivity index (χ0n) is 5.83. The van der Waals surface area contributed by atoms with E-state index in [2.05, 4.69) is 15.3 Å². The van der Waals surface area contributed by atoms with E-state index in [-0.39, 0.29) is 0 Å². The van der Waals surface area contributed by atoms with Crippen LogP contribution in [0.15, 0.2) is 12.4 Å². The summed E-state index contributed by atoms with van der Waals surface area (Å²) in [6.45, 7) is 2.81. The van der Waals surface area contributed by atoms with Gasteiger partial charge in [-0.25, -0.2) is 9.97 Å². The SMILES string of the molecule is [B]c1cnc(NCC)nc1. The molecule has 0 atom stereocenters. The minimum Gasteiger partial charge on any atom is -0.355 e. The number of anilines is 1. The summed E-state index contributed by atoms with van der Waals surface area (Å²) in [5, 5.41) is 2.96. The molecule has 0 bridgehead atoms. The third kappa shape index (κ3) is 1.72. The summed E-state index contributed by atoms with van der Waals surface area (Å²) in [6.07, 6.45) is 3.15. The van der Waals surface area contributed by atoms with Gasteiger partial charge in [0.15, 0.2) is 0 Å². The molecule has 1 heterocycles. The number of rotatable bonds is 2. The Morgan fingerprint density at radius 2 is 2.10 bits per heavy atom. The van der Waals surface area contributed by atoms with Crippen molar-refractivity contribution in [2.75, 3.05) is 11.9 Å². The van der Waals surface area contributed by atoms with Gasteiger partial charge in [0.05, 0.1) is 0 Å². The average Bonchev–Trinajstić information content (AvgIpc) is 1.95. The molecule has 0 spiro atoms. The molecule has 0 unspecified atom stereocenters. The van der Waals surface area contributed by atoms with E-state index in [0.29, 0.717) is 11.4 Å². The first-order chi connectivity index (χ1) is 4.83. The molecule has 50 valence electrons. The highest BCUT2D eigenvalue weighted by atomic mass is 15.1. The smallest absolute Gasteiger partial charge is 0.222 e. The van der Waals surface area contributed by atoms with E-state index in [1.165, 1.54) is 0 Å². The second-order valence-electron chi connectivity index (χ2n) is 1.87. The minimum atomic E-state index is 0.585. The fourth-order valence-electron chi connectivity index (χ4n) is 0.587. The summed E-state index contributed by atoms with van der Waals surface area (Å²) in [7, 11) is 5.37. The maximum absolute atomic E-state index is 5.37. The van der Waals surface area contributed by atoms with Crippen LogP contribution in [-0.4, -0.2) is 24.4 Å². The quantitative estimate of drug-likeness (QED) is 0.563. The van der Waals surface area contributed by atoms with Crippen LogP contribution in [0.1, 0.15) is 6.92 Å². The van der Waals surface area contributed by atoms with Crippen LogP contribution in [0, 0.1) is 0 Å². The molecule has 0 aliphatic carbocycles. The Morgan fingerprint density at radius 3 is 2.60 bits per heavy atom. The van der Waals surface area contributed by atoms with E-state index in [4.69, 9.17) is 7.85 Å². The van der Waals surface area contributed by atoms with Gasteiger partial charge in [-0.1, -0.05) is 5.46 Å². The molecule has 0 saturated carbocycles. The molecule has 1 aromatic rings. The summed E-state index contributed by atoms with van der Waals surface area (Å²) in [5.74, 6) is 0.622. The Kier molecular flexibility index (Phi) is 2.26. The van der Waals surface area contributed by atoms with Gasteiger partial charge in [0.25, 0.3) is 0 Å². The molecule has 0 aromatic carbocycles. The lowest BCUT2D eigenvalue weighted by Gasteiger charge is -1.98. The molecular weight excluding hydrogens is 125 g/mol. The number of hydrogen-bond donors (Lipinski definition) is 1. The molecule has 0 amide bonds. The largest absolute Gasteiger partial charge is 0.355 e. The highest BCUT2D eigenvalue weighted by Gasteiger charge is 1.89. The van der Waals surface area contributed by atoms with Crippen molar-refractivity contribution in [1.29, 1.82) is 0 Å². The van der Waals surface area contributed by atoms with Gasteiger partial charge in [-0.05, 0) is 6.92 Å². The van der Waals surface area contributed by atoms with Crippen LogP contribution in [0.4, 0.5) is 5.95 Å². The van der Waals surface area contributed by atoms with Gasteiger partial charge in [-0.2, -0.15) is 0 Å². The van der Waals surface area contributed by atoms with Crippen molar-refractivity contribution < 1.29 is 0 Å². The number of nitrogens with one attached hydrogen (secondary N) is 1. The second-order valence-corrected chi connectivity index (χ2v) is 1.87. The molecule has 3 nitrogen and oxygen atoms in total. The van der Waals surface area contributed by atoms with Gasteiger partial charge >= 0.3 is 0 Å². The zero-order valence-corrected chi connectivity index (χ0v) is 5.83. The van der Waals surface area contributed by atoms with E-state index < -0.39 is 0 Å². The Hall–Kier alpha value is -1.06. The van der Waals surface area contributed by atoms with Crippen LogP contribution in [-0.2, 0) is 0 Å². The van der Waals surface area contributed by atoms with E-state index >= 15 is 0 Å². The Labute approximate surface area is 61.3 Å². The van der Waals surface area contributed by atoms with E-state index in [0.717, 1.165) is 6.54 Å². The molecule has 0 saturated heterocycles. The predicted molar refractivity (Wildman–Crippen MR) is 41.6 cm³/mol. The summed E-state index contributed by atoms with van der Waals surface area (Å²) in [5.41, 5.74) is 0.585. The summed E-state index contributed by atoms with van der Waals surface area (Å²) in [6, 6.07) is 0. The van der Waals surface area contributed by atoms with Crippen LogP contribution in [0.25, 0.3) is 0 Å². The maximum atomic E-state index is 5.37. The molecule has 4 heteroatoms. The average molecular weight is 133 g/mol. The van der Waals surface area contributed by atoms with Crippen molar-refractivity contribution in [2.45, 2.75) is 6.92 Å². The van der Waals surface area contributed by atoms with Crippen molar-refractivity contribution in [2.24, 2.45) is 0 Å². The molecule has 1 aromatic heterocycles. The Bertz CT molecular complexity index is 197. The van der Waals surface area contributed by atoms with Gasteiger partial charge in [0, 0.05) is 18.9 Å². The minimum absolute atomic E-state index is 0.585. The van der Waals surface area contributed by atoms with Crippen molar-refractivity contribution in [1.82, 2.24) is 9.97 Å². The number of hydrogen-bond acceptors (Lipinski definition) is 3. The lowest BCUT2D eigenvalue weighted by Crippen LogP contribution is -2.08. The summed E-state index contributed by atoms with van der Waals surface area (Å²) in [4.78, 5) is 7.84. The first-order valence-electron chi connectivity index (χ1n) is 3.14. The Balaban J connectivity index is 2.69. The second kappa shape index (κ2) is 3.20. The van der Waals surface area contributed by atoms with Crippen molar-refractivity contribution in [3.8, 4) is 0 Å². The van der Waals surface area contributed by atoms with Crippen LogP contribution in [0.2, 0.25) is 0 Å². The first-order valence-corrected chi connectivity index (χ1v) is 3.14. The predicted octanol–water partition coefficient (Wildman–Crippen LogP) is -0.298. The van der Waals surface area contributed by atoms with Crippen molar-refractivity contribution in [3.05, 3.63) is 12.4 Å².